The molecule has 2 atom stereocenters. The molecule has 0 saturated carbocycles. The Morgan fingerprint density at radius 1 is 1.00 bits per heavy atom. The van der Waals surface area contributed by atoms with Gasteiger partial charge in [-0.25, -0.2) is 4.98 Å². The summed E-state index contributed by atoms with van der Waals surface area (Å²) in [6, 6.07) is 9.65. The largest absolute Gasteiger partial charge is 0.492 e. The summed E-state index contributed by atoms with van der Waals surface area (Å²) >= 11 is 0. The Hall–Kier alpha value is -3.50. The zero-order valence-electron chi connectivity index (χ0n) is 23.9. The van der Waals surface area contributed by atoms with Crippen LogP contribution >= 0.6 is 0 Å². The molecule has 1 aromatic heterocycles. The van der Waals surface area contributed by atoms with Crippen LogP contribution in [0.4, 0.5) is 5.82 Å². The van der Waals surface area contributed by atoms with Gasteiger partial charge in [-0.2, -0.15) is 0 Å². The number of ether oxygens (including phenoxy) is 1. The average molecular weight is 561 g/mol. The monoisotopic (exact) mass is 560 g/mol. The van der Waals surface area contributed by atoms with Crippen molar-refractivity contribution < 1.29 is 19.1 Å². The van der Waals surface area contributed by atoms with E-state index in [2.05, 4.69) is 39.1 Å². The lowest BCUT2D eigenvalue weighted by molar-refractivity contribution is -0.136. The normalized spacial score (nSPS) is 24.0. The van der Waals surface area contributed by atoms with Crippen molar-refractivity contribution in [1.82, 2.24) is 25.0 Å². The molecule has 3 saturated heterocycles. The van der Waals surface area contributed by atoms with Gasteiger partial charge in [-0.15, -0.1) is 0 Å². The summed E-state index contributed by atoms with van der Waals surface area (Å²) in [5, 5.41) is 2.36. The molecule has 2 aromatic rings. The van der Waals surface area contributed by atoms with Gasteiger partial charge in [-0.1, -0.05) is 19.4 Å². The van der Waals surface area contributed by atoms with Crippen molar-refractivity contribution in [3.05, 3.63) is 53.2 Å². The molecule has 1 N–H and O–H groups in total. The fourth-order valence-electron chi connectivity index (χ4n) is 6.51. The molecule has 2 unspecified atom stereocenters. The molecule has 4 aliphatic rings. The number of anilines is 1. The molecular weight excluding hydrogens is 520 g/mol. The summed E-state index contributed by atoms with van der Waals surface area (Å²) in [6.07, 6.45) is 6.09. The fourth-order valence-corrected chi connectivity index (χ4v) is 6.51. The highest BCUT2D eigenvalue weighted by molar-refractivity contribution is 6.05. The maximum atomic E-state index is 13.0. The van der Waals surface area contributed by atoms with Gasteiger partial charge in [0, 0.05) is 63.5 Å². The highest BCUT2D eigenvalue weighted by Gasteiger charge is 2.39. The van der Waals surface area contributed by atoms with Crippen LogP contribution in [0.25, 0.3) is 0 Å². The number of aromatic nitrogens is 1. The molecule has 0 bridgehead atoms. The van der Waals surface area contributed by atoms with E-state index >= 15 is 0 Å². The minimum Gasteiger partial charge on any atom is -0.492 e. The van der Waals surface area contributed by atoms with Crippen molar-refractivity contribution in [1.29, 1.82) is 0 Å². The maximum absolute atomic E-state index is 13.0. The van der Waals surface area contributed by atoms with Crippen LogP contribution in [0.15, 0.2) is 36.5 Å². The van der Waals surface area contributed by atoms with E-state index in [0.717, 1.165) is 69.4 Å². The lowest BCUT2D eigenvalue weighted by atomic mass is 10.0. The van der Waals surface area contributed by atoms with Crippen molar-refractivity contribution in [3.63, 3.8) is 0 Å². The molecule has 1 aromatic carbocycles. The van der Waals surface area contributed by atoms with E-state index < -0.39 is 11.9 Å². The van der Waals surface area contributed by atoms with Gasteiger partial charge in [-0.3, -0.25) is 24.6 Å². The lowest BCUT2D eigenvalue weighted by Crippen LogP contribution is -2.52. The second kappa shape index (κ2) is 12.2. The zero-order valence-corrected chi connectivity index (χ0v) is 23.9. The van der Waals surface area contributed by atoms with Crippen LogP contribution in [0, 0.1) is 0 Å². The molecule has 41 heavy (non-hydrogen) atoms. The smallest absolute Gasteiger partial charge is 0.255 e. The van der Waals surface area contributed by atoms with Crippen LogP contribution in [-0.2, 0) is 22.7 Å². The number of nitrogens with one attached hydrogen (secondary N) is 1. The van der Waals surface area contributed by atoms with Crippen molar-refractivity contribution in [2.24, 2.45) is 0 Å². The van der Waals surface area contributed by atoms with Gasteiger partial charge in [0.2, 0.25) is 11.8 Å². The molecule has 10 nitrogen and oxygen atoms in total. The molecule has 3 amide bonds. The van der Waals surface area contributed by atoms with Crippen LogP contribution in [0.3, 0.4) is 0 Å². The van der Waals surface area contributed by atoms with Crippen molar-refractivity contribution in [2.45, 2.75) is 64.2 Å². The van der Waals surface area contributed by atoms with E-state index in [1.54, 1.807) is 11.0 Å². The van der Waals surface area contributed by atoms with Gasteiger partial charge in [0.05, 0.1) is 0 Å². The third-order valence-electron chi connectivity index (χ3n) is 9.02. The molecule has 5 heterocycles. The van der Waals surface area contributed by atoms with Crippen LogP contribution in [0.2, 0.25) is 0 Å². The molecule has 10 heteroatoms. The third kappa shape index (κ3) is 6.08. The van der Waals surface area contributed by atoms with Crippen LogP contribution in [0.5, 0.6) is 5.75 Å². The Balaban J connectivity index is 1.04. The summed E-state index contributed by atoms with van der Waals surface area (Å²) in [5.74, 6) is 0.964. The molecule has 0 spiro atoms. The predicted octanol–water partition coefficient (Wildman–Crippen LogP) is 2.42. The van der Waals surface area contributed by atoms with Crippen molar-refractivity contribution >= 4 is 23.5 Å². The first kappa shape index (κ1) is 27.7. The predicted molar refractivity (Wildman–Crippen MR) is 155 cm³/mol. The number of fused-ring (bicyclic) bond motifs is 1. The Morgan fingerprint density at radius 2 is 1.85 bits per heavy atom. The molecular formula is C31H40N6O4. The standard InChI is InChI=1S/C31H40N6O4/c1-2-34-13-15-35(16-14-34)28-10-6-22(18-32-28)19-36-12-4-3-5-24(36)21-41-25-7-8-26-23(17-25)20-37(31(26)40)27-9-11-29(38)33-30(27)39/h6-8,10,17-18,24,27H,2-5,9,11-16,19-21H2,1H3,(H,33,38,39). The Kier molecular flexibility index (Phi) is 8.20. The summed E-state index contributed by atoms with van der Waals surface area (Å²) in [6.45, 7) is 10.4. The molecule has 3 fully saturated rings. The van der Waals surface area contributed by atoms with Gasteiger partial charge in [-0.05, 0) is 67.7 Å². The Morgan fingerprint density at radius 3 is 2.61 bits per heavy atom. The van der Waals surface area contributed by atoms with E-state index in [1.807, 2.05) is 18.3 Å². The Labute approximate surface area is 241 Å². The second-order valence-electron chi connectivity index (χ2n) is 11.6. The number of carbonyl (C=O) groups excluding carboxylic acids is 3. The SMILES string of the molecule is CCN1CCN(c2ccc(CN3CCCCC3COc3ccc4c(c3)CN(C3CCC(=O)NC3=O)C4=O)cn2)CC1. The van der Waals surface area contributed by atoms with E-state index in [0.29, 0.717) is 31.2 Å². The summed E-state index contributed by atoms with van der Waals surface area (Å²) in [5.41, 5.74) is 2.68. The fraction of sp³-hybridized carbons (Fsp3) is 0.548. The first-order chi connectivity index (χ1) is 20.0. The lowest BCUT2D eigenvalue weighted by Gasteiger charge is -2.36. The summed E-state index contributed by atoms with van der Waals surface area (Å²) in [4.78, 5) is 50.6. The number of likely N-dealkylation sites (tertiary alicyclic amines) is 1. The van der Waals surface area contributed by atoms with Crippen LogP contribution in [-0.4, -0.2) is 95.4 Å². The first-order valence-electron chi connectivity index (χ1n) is 15.0. The highest BCUT2D eigenvalue weighted by Crippen LogP contribution is 2.31. The van der Waals surface area contributed by atoms with Crippen molar-refractivity contribution in [3.8, 4) is 5.75 Å². The number of likely N-dealkylation sites (N-methyl/N-ethyl adjacent to an activating group) is 1. The average Bonchev–Trinajstić information content (AvgIpc) is 3.32. The number of hydrogen-bond donors (Lipinski definition) is 1. The first-order valence-corrected chi connectivity index (χ1v) is 15.0. The summed E-state index contributed by atoms with van der Waals surface area (Å²) in [7, 11) is 0. The van der Waals surface area contributed by atoms with Gasteiger partial charge in [0.1, 0.15) is 24.2 Å². The minimum absolute atomic E-state index is 0.164. The molecule has 0 aliphatic carbocycles. The van der Waals surface area contributed by atoms with E-state index in [1.165, 1.54) is 18.4 Å². The number of nitrogens with zero attached hydrogens (tertiary/aromatic N) is 5. The van der Waals surface area contributed by atoms with Gasteiger partial charge >= 0.3 is 0 Å². The van der Waals surface area contributed by atoms with Crippen LogP contribution in [0.1, 0.15) is 60.5 Å². The molecule has 0 radical (unpaired) electrons. The van der Waals surface area contributed by atoms with E-state index in [-0.39, 0.29) is 18.2 Å². The number of rotatable bonds is 8. The van der Waals surface area contributed by atoms with E-state index in [4.69, 9.17) is 9.72 Å². The van der Waals surface area contributed by atoms with Crippen molar-refractivity contribution in [2.75, 3.05) is 50.8 Å². The topological polar surface area (TPSA) is 98.3 Å². The van der Waals surface area contributed by atoms with E-state index in [9.17, 15) is 14.4 Å². The summed E-state index contributed by atoms with van der Waals surface area (Å²) < 4.78 is 6.28. The maximum Gasteiger partial charge on any atom is 0.255 e. The zero-order chi connectivity index (χ0) is 28.3. The molecule has 6 rings (SSSR count). The minimum atomic E-state index is -0.609. The van der Waals surface area contributed by atoms with Gasteiger partial charge in [0.25, 0.3) is 5.91 Å². The van der Waals surface area contributed by atoms with Gasteiger partial charge in [0.15, 0.2) is 0 Å². The number of piperidine rings is 2. The molecule has 4 aliphatic heterocycles. The highest BCUT2D eigenvalue weighted by atomic mass is 16.5. The number of amides is 3. The van der Waals surface area contributed by atoms with Gasteiger partial charge < -0.3 is 19.4 Å². The number of piperazine rings is 1. The van der Waals surface area contributed by atoms with Crippen LogP contribution < -0.4 is 15.0 Å². The third-order valence-corrected chi connectivity index (χ3v) is 9.02. The number of benzene rings is 1. The Bertz CT molecular complexity index is 1280. The quantitative estimate of drug-likeness (QED) is 0.492. The second-order valence-corrected chi connectivity index (χ2v) is 11.6. The number of carbonyl (C=O) groups is 3. The number of imide groups is 1. The number of hydrogen-bond acceptors (Lipinski definition) is 8. The molecule has 218 valence electrons. The number of pyridine rings is 1.